The number of H-pyrrole nitrogens is 1. The molecule has 0 aliphatic carbocycles. The van der Waals surface area contributed by atoms with Crippen LogP contribution >= 0.6 is 0 Å². The molecule has 0 aliphatic heterocycles. The molecule has 1 rings (SSSR count). The van der Waals surface area contributed by atoms with Gasteiger partial charge in [-0.05, 0) is 60.1 Å². The van der Waals surface area contributed by atoms with Gasteiger partial charge in [-0.1, -0.05) is 0 Å². The topological polar surface area (TPSA) is 83.2 Å². The highest BCUT2D eigenvalue weighted by Crippen LogP contribution is 2.11. The van der Waals surface area contributed by atoms with Gasteiger partial charge in [0.2, 0.25) is 0 Å². The minimum Gasteiger partial charge on any atom is -0.444 e. The Morgan fingerprint density at radius 1 is 1.18 bits per heavy atom. The molecule has 6 nitrogen and oxygen atoms in total. The molecule has 124 valence electrons. The summed E-state index contributed by atoms with van der Waals surface area (Å²) in [5.41, 5.74) is 1.23. The van der Waals surface area contributed by atoms with Crippen LogP contribution in [0.4, 0.5) is 4.79 Å². The number of carbonyl (C=O) groups excluding carboxylic acids is 2. The molecule has 0 bridgehead atoms. The summed E-state index contributed by atoms with van der Waals surface area (Å²) in [6, 6.07) is 1.92. The fourth-order valence-corrected chi connectivity index (χ4v) is 1.99. The highest BCUT2D eigenvalue weighted by atomic mass is 16.6. The lowest BCUT2D eigenvalue weighted by Crippen LogP contribution is -2.52. The van der Waals surface area contributed by atoms with Crippen molar-refractivity contribution < 1.29 is 14.3 Å². The van der Waals surface area contributed by atoms with Crippen LogP contribution in [0, 0.1) is 13.8 Å². The van der Waals surface area contributed by atoms with Crippen molar-refractivity contribution in [2.24, 2.45) is 0 Å². The molecule has 0 saturated heterocycles. The van der Waals surface area contributed by atoms with Gasteiger partial charge in [-0.15, -0.1) is 0 Å². The molecule has 1 aromatic heterocycles. The zero-order valence-corrected chi connectivity index (χ0v) is 14.5. The minimum atomic E-state index is -0.598. The van der Waals surface area contributed by atoms with Crippen molar-refractivity contribution in [3.63, 3.8) is 0 Å². The number of carbonyl (C=O) groups is 2. The first kappa shape index (κ1) is 18.1. The number of ether oxygens (including phenoxy) is 1. The number of rotatable bonds is 4. The van der Waals surface area contributed by atoms with Gasteiger partial charge < -0.3 is 20.4 Å². The van der Waals surface area contributed by atoms with Crippen LogP contribution in [0.2, 0.25) is 0 Å². The third kappa shape index (κ3) is 5.79. The zero-order valence-electron chi connectivity index (χ0n) is 14.5. The quantitative estimate of drug-likeness (QED) is 0.799. The van der Waals surface area contributed by atoms with Gasteiger partial charge in [0.15, 0.2) is 0 Å². The number of amides is 2. The maximum Gasteiger partial charge on any atom is 0.407 e. The summed E-state index contributed by atoms with van der Waals surface area (Å²) < 4.78 is 5.18. The van der Waals surface area contributed by atoms with Crippen LogP contribution in [-0.4, -0.2) is 34.7 Å². The van der Waals surface area contributed by atoms with E-state index in [0.29, 0.717) is 5.69 Å². The minimum absolute atomic E-state index is 0.193. The Balaban J connectivity index is 2.58. The standard InChI is InChI=1S/C16H27N3O3/c1-10-8-11(2)18-12(10)13(20)19-16(6,7)9-17-14(21)22-15(3,4)5/h8,18H,9H2,1-7H3,(H,17,21)(H,19,20). The molecule has 0 fully saturated rings. The van der Waals surface area contributed by atoms with Gasteiger partial charge in [0, 0.05) is 12.2 Å². The van der Waals surface area contributed by atoms with Gasteiger partial charge in [0.25, 0.3) is 5.91 Å². The van der Waals surface area contributed by atoms with Crippen molar-refractivity contribution in [1.29, 1.82) is 0 Å². The molecular weight excluding hydrogens is 282 g/mol. The third-order valence-electron chi connectivity index (χ3n) is 2.90. The Hall–Kier alpha value is -1.98. The van der Waals surface area contributed by atoms with E-state index in [2.05, 4.69) is 15.6 Å². The molecule has 0 atom stereocenters. The van der Waals surface area contributed by atoms with Crippen LogP contribution in [-0.2, 0) is 4.74 Å². The number of nitrogens with one attached hydrogen (secondary N) is 3. The molecule has 0 radical (unpaired) electrons. The normalized spacial score (nSPS) is 12.0. The first-order valence-electron chi connectivity index (χ1n) is 7.35. The highest BCUT2D eigenvalue weighted by molar-refractivity contribution is 5.94. The summed E-state index contributed by atoms with van der Waals surface area (Å²) in [4.78, 5) is 27.0. The molecule has 3 N–H and O–H groups in total. The maximum absolute atomic E-state index is 12.3. The number of aromatic amines is 1. The maximum atomic E-state index is 12.3. The molecule has 22 heavy (non-hydrogen) atoms. The van der Waals surface area contributed by atoms with E-state index in [9.17, 15) is 9.59 Å². The molecule has 2 amide bonds. The average molecular weight is 309 g/mol. The lowest BCUT2D eigenvalue weighted by molar-refractivity contribution is 0.0509. The third-order valence-corrected chi connectivity index (χ3v) is 2.90. The van der Waals surface area contributed by atoms with Gasteiger partial charge in [-0.2, -0.15) is 0 Å². The Morgan fingerprint density at radius 3 is 2.23 bits per heavy atom. The van der Waals surface area contributed by atoms with Gasteiger partial charge >= 0.3 is 6.09 Å². The largest absolute Gasteiger partial charge is 0.444 e. The molecular formula is C16H27N3O3. The molecule has 1 heterocycles. The second-order valence-corrected chi connectivity index (χ2v) is 7.20. The second kappa shape index (κ2) is 6.42. The molecule has 0 unspecified atom stereocenters. The summed E-state index contributed by atoms with van der Waals surface area (Å²) >= 11 is 0. The molecule has 6 heteroatoms. The molecule has 0 saturated carbocycles. The molecule has 0 spiro atoms. The summed E-state index contributed by atoms with van der Waals surface area (Å²) in [5, 5.41) is 5.57. The number of aromatic nitrogens is 1. The van der Waals surface area contributed by atoms with Crippen LogP contribution in [0.25, 0.3) is 0 Å². The van der Waals surface area contributed by atoms with E-state index >= 15 is 0 Å². The summed E-state index contributed by atoms with van der Waals surface area (Å²) in [5.74, 6) is -0.193. The number of hydrogen-bond donors (Lipinski definition) is 3. The fourth-order valence-electron chi connectivity index (χ4n) is 1.99. The summed E-state index contributed by atoms with van der Waals surface area (Å²) in [6.45, 7) is 13.1. The van der Waals surface area contributed by atoms with Crippen LogP contribution < -0.4 is 10.6 Å². The van der Waals surface area contributed by atoms with E-state index in [1.54, 1.807) is 20.8 Å². The first-order chi connectivity index (χ1) is 9.89. The van der Waals surface area contributed by atoms with E-state index in [0.717, 1.165) is 11.3 Å². The average Bonchev–Trinajstić information content (AvgIpc) is 2.63. The molecule has 1 aromatic rings. The smallest absolute Gasteiger partial charge is 0.407 e. The van der Waals surface area contributed by atoms with Crippen molar-refractivity contribution >= 4 is 12.0 Å². The van der Waals surface area contributed by atoms with Gasteiger partial charge in [0.1, 0.15) is 11.3 Å². The zero-order chi connectivity index (χ0) is 17.1. The molecule has 0 aromatic carbocycles. The van der Waals surface area contributed by atoms with E-state index in [4.69, 9.17) is 4.74 Å². The van der Waals surface area contributed by atoms with Crippen LogP contribution in [0.1, 0.15) is 56.4 Å². The number of hydrogen-bond acceptors (Lipinski definition) is 3. The van der Waals surface area contributed by atoms with E-state index < -0.39 is 17.2 Å². The number of aryl methyl sites for hydroxylation is 2. The van der Waals surface area contributed by atoms with Gasteiger partial charge in [-0.3, -0.25) is 4.79 Å². The van der Waals surface area contributed by atoms with Crippen LogP contribution in [0.15, 0.2) is 6.07 Å². The second-order valence-electron chi connectivity index (χ2n) is 7.20. The lowest BCUT2D eigenvalue weighted by Gasteiger charge is -2.27. The Bertz CT molecular complexity index is 553. The van der Waals surface area contributed by atoms with Crippen molar-refractivity contribution in [2.75, 3.05) is 6.54 Å². The Labute approximate surface area is 132 Å². The van der Waals surface area contributed by atoms with Crippen molar-refractivity contribution in [3.8, 4) is 0 Å². The van der Waals surface area contributed by atoms with E-state index in [1.807, 2.05) is 33.8 Å². The van der Waals surface area contributed by atoms with Crippen molar-refractivity contribution in [2.45, 2.75) is 59.6 Å². The fraction of sp³-hybridized carbons (Fsp3) is 0.625. The predicted molar refractivity (Wildman–Crippen MR) is 86.0 cm³/mol. The van der Waals surface area contributed by atoms with Crippen LogP contribution in [0.5, 0.6) is 0 Å². The van der Waals surface area contributed by atoms with Crippen molar-refractivity contribution in [1.82, 2.24) is 15.6 Å². The predicted octanol–water partition coefficient (Wildman–Crippen LogP) is 2.66. The Morgan fingerprint density at radius 2 is 1.77 bits per heavy atom. The van der Waals surface area contributed by atoms with Gasteiger partial charge in [0.05, 0.1) is 5.54 Å². The lowest BCUT2D eigenvalue weighted by atomic mass is 10.1. The first-order valence-corrected chi connectivity index (χ1v) is 7.35. The monoisotopic (exact) mass is 309 g/mol. The summed E-state index contributed by atoms with van der Waals surface area (Å²) in [6.07, 6.45) is -0.498. The Kier molecular flexibility index (Phi) is 5.27. The summed E-state index contributed by atoms with van der Waals surface area (Å²) in [7, 11) is 0. The van der Waals surface area contributed by atoms with Crippen LogP contribution in [0.3, 0.4) is 0 Å². The van der Waals surface area contributed by atoms with E-state index in [-0.39, 0.29) is 12.5 Å². The number of alkyl carbamates (subject to hydrolysis) is 1. The van der Waals surface area contributed by atoms with E-state index in [1.165, 1.54) is 0 Å². The molecule has 0 aliphatic rings. The van der Waals surface area contributed by atoms with Crippen molar-refractivity contribution in [3.05, 3.63) is 23.0 Å². The van der Waals surface area contributed by atoms with Gasteiger partial charge in [-0.25, -0.2) is 4.79 Å². The SMILES string of the molecule is Cc1cc(C)c(C(=O)NC(C)(C)CNC(=O)OC(C)(C)C)[nH]1. The highest BCUT2D eigenvalue weighted by Gasteiger charge is 2.25.